The molecule has 144 valence electrons. The molecule has 3 aromatic rings. The topological polar surface area (TPSA) is 73.2 Å². The maximum Gasteiger partial charge on any atom is 0.254 e. The normalized spacial score (nSPS) is 10.6. The molecule has 7 heteroatoms. The third-order valence-corrected chi connectivity index (χ3v) is 4.67. The van der Waals surface area contributed by atoms with Crippen LogP contribution in [0.2, 0.25) is 5.02 Å². The van der Waals surface area contributed by atoms with Gasteiger partial charge in [0.1, 0.15) is 18.1 Å². The first-order valence-corrected chi connectivity index (χ1v) is 9.04. The lowest BCUT2D eigenvalue weighted by atomic mass is 10.1. The molecule has 0 unspecified atom stereocenters. The number of amides is 1. The maximum absolute atomic E-state index is 12.6. The number of carbonyl (C=O) groups is 1. The van der Waals surface area contributed by atoms with E-state index < -0.39 is 0 Å². The van der Waals surface area contributed by atoms with Gasteiger partial charge in [0, 0.05) is 11.6 Å². The van der Waals surface area contributed by atoms with Crippen molar-refractivity contribution in [1.82, 2.24) is 9.55 Å². The Kier molecular flexibility index (Phi) is 5.80. The Morgan fingerprint density at radius 2 is 1.93 bits per heavy atom. The molecule has 1 aromatic heterocycles. The quantitative estimate of drug-likeness (QED) is 0.710. The summed E-state index contributed by atoms with van der Waals surface area (Å²) < 4.78 is 6.54. The number of hydrogen-bond donors (Lipinski definition) is 1. The van der Waals surface area contributed by atoms with E-state index in [-0.39, 0.29) is 18.0 Å². The number of anilines is 1. The number of nitrogens with zero attached hydrogens (tertiary/aromatic N) is 2. The summed E-state index contributed by atoms with van der Waals surface area (Å²) in [6, 6.07) is 14.1. The molecule has 1 amide bonds. The van der Waals surface area contributed by atoms with Gasteiger partial charge in [-0.25, -0.2) is 4.98 Å². The van der Waals surface area contributed by atoms with Crippen molar-refractivity contribution in [2.45, 2.75) is 20.4 Å². The van der Waals surface area contributed by atoms with Gasteiger partial charge in [-0.15, -0.1) is 0 Å². The van der Waals surface area contributed by atoms with Crippen molar-refractivity contribution in [3.8, 4) is 17.0 Å². The number of para-hydroxylation sites is 1. The lowest BCUT2D eigenvalue weighted by molar-refractivity contribution is -0.116. The summed E-state index contributed by atoms with van der Waals surface area (Å²) >= 11 is 6.15. The van der Waals surface area contributed by atoms with Crippen LogP contribution >= 0.6 is 11.6 Å². The molecular weight excluding hydrogens is 378 g/mol. The second-order valence-electron chi connectivity index (χ2n) is 6.32. The van der Waals surface area contributed by atoms with Crippen molar-refractivity contribution >= 4 is 23.2 Å². The minimum Gasteiger partial charge on any atom is -0.497 e. The number of halogens is 1. The minimum atomic E-state index is -0.350. The molecule has 0 saturated heterocycles. The van der Waals surface area contributed by atoms with Crippen LogP contribution in [0.3, 0.4) is 0 Å². The van der Waals surface area contributed by atoms with E-state index >= 15 is 0 Å². The minimum absolute atomic E-state index is 0.152. The Bertz CT molecular complexity index is 1070. The zero-order valence-electron chi connectivity index (χ0n) is 15.8. The van der Waals surface area contributed by atoms with Gasteiger partial charge in [-0.1, -0.05) is 35.9 Å². The molecule has 3 rings (SSSR count). The fourth-order valence-corrected chi connectivity index (χ4v) is 3.13. The molecule has 0 spiro atoms. The van der Waals surface area contributed by atoms with E-state index in [0.29, 0.717) is 28.0 Å². The molecule has 0 radical (unpaired) electrons. The lowest BCUT2D eigenvalue weighted by Gasteiger charge is -2.13. The lowest BCUT2D eigenvalue weighted by Crippen LogP contribution is -2.30. The van der Waals surface area contributed by atoms with E-state index in [2.05, 4.69) is 10.3 Å². The predicted molar refractivity (Wildman–Crippen MR) is 110 cm³/mol. The van der Waals surface area contributed by atoms with Crippen molar-refractivity contribution in [2.75, 3.05) is 12.4 Å². The summed E-state index contributed by atoms with van der Waals surface area (Å²) in [6.07, 6.45) is 0. The molecule has 0 bridgehead atoms. The zero-order valence-corrected chi connectivity index (χ0v) is 16.6. The van der Waals surface area contributed by atoms with Crippen molar-refractivity contribution in [3.63, 3.8) is 0 Å². The molecule has 1 N–H and O–H groups in total. The molecule has 1 heterocycles. The number of methoxy groups -OCH3 is 1. The number of ether oxygens (including phenoxy) is 1. The highest BCUT2D eigenvalue weighted by Gasteiger charge is 2.13. The Hall–Kier alpha value is -3.12. The van der Waals surface area contributed by atoms with Crippen LogP contribution < -0.4 is 15.6 Å². The fraction of sp³-hybridized carbons (Fsp3) is 0.190. The van der Waals surface area contributed by atoms with E-state index in [4.69, 9.17) is 16.3 Å². The van der Waals surface area contributed by atoms with E-state index in [1.165, 1.54) is 10.6 Å². The molecule has 28 heavy (non-hydrogen) atoms. The molecule has 0 fully saturated rings. The van der Waals surface area contributed by atoms with Crippen LogP contribution in [0.4, 0.5) is 5.69 Å². The predicted octanol–water partition coefficient (Wildman–Crippen LogP) is 3.83. The number of rotatable bonds is 5. The van der Waals surface area contributed by atoms with Gasteiger partial charge in [-0.05, 0) is 37.6 Å². The highest BCUT2D eigenvalue weighted by Crippen LogP contribution is 2.25. The first-order valence-electron chi connectivity index (χ1n) is 8.67. The third kappa shape index (κ3) is 4.23. The molecule has 0 aliphatic rings. The average Bonchev–Trinajstić information content (AvgIpc) is 2.67. The van der Waals surface area contributed by atoms with Gasteiger partial charge in [-0.3, -0.25) is 14.2 Å². The first kappa shape index (κ1) is 19.6. The molecule has 0 aliphatic carbocycles. The molecular formula is C21H20ClN3O3. The molecule has 0 atom stereocenters. The SMILES string of the molecule is COc1cccc(-c2cc(=O)n(CC(=O)Nc3c(C)cccc3Cl)c(C)n2)c1. The van der Waals surface area contributed by atoms with E-state index in [9.17, 15) is 9.59 Å². The van der Waals surface area contributed by atoms with Crippen LogP contribution in [0.25, 0.3) is 11.3 Å². The summed E-state index contributed by atoms with van der Waals surface area (Å²) in [4.78, 5) is 29.5. The number of hydrogen-bond acceptors (Lipinski definition) is 4. The summed E-state index contributed by atoms with van der Waals surface area (Å²) in [5.74, 6) is 0.768. The van der Waals surface area contributed by atoms with E-state index in [0.717, 1.165) is 11.1 Å². The van der Waals surface area contributed by atoms with Crippen molar-refractivity contribution < 1.29 is 9.53 Å². The summed E-state index contributed by atoms with van der Waals surface area (Å²) in [5.41, 5.74) is 2.37. The van der Waals surface area contributed by atoms with E-state index in [1.54, 1.807) is 26.2 Å². The number of nitrogens with one attached hydrogen (secondary N) is 1. The molecule has 0 aliphatic heterocycles. The second kappa shape index (κ2) is 8.27. The van der Waals surface area contributed by atoms with Gasteiger partial charge < -0.3 is 10.1 Å². The van der Waals surface area contributed by atoms with Crippen molar-refractivity contribution in [1.29, 1.82) is 0 Å². The first-order chi connectivity index (χ1) is 13.4. The van der Waals surface area contributed by atoms with Crippen LogP contribution in [-0.2, 0) is 11.3 Å². The number of carbonyl (C=O) groups excluding carboxylic acids is 1. The van der Waals surface area contributed by atoms with Gasteiger partial charge in [0.25, 0.3) is 5.56 Å². The summed E-state index contributed by atoms with van der Waals surface area (Å²) in [6.45, 7) is 3.39. The van der Waals surface area contributed by atoms with Crippen molar-refractivity contribution in [2.24, 2.45) is 0 Å². The largest absolute Gasteiger partial charge is 0.497 e. The van der Waals surface area contributed by atoms with Gasteiger partial charge >= 0.3 is 0 Å². The highest BCUT2D eigenvalue weighted by molar-refractivity contribution is 6.33. The fourth-order valence-electron chi connectivity index (χ4n) is 2.86. The van der Waals surface area contributed by atoms with Crippen LogP contribution in [0, 0.1) is 13.8 Å². The number of aromatic nitrogens is 2. The smallest absolute Gasteiger partial charge is 0.254 e. The van der Waals surface area contributed by atoms with Crippen LogP contribution in [0.1, 0.15) is 11.4 Å². The number of benzene rings is 2. The molecule has 2 aromatic carbocycles. The highest BCUT2D eigenvalue weighted by atomic mass is 35.5. The average molecular weight is 398 g/mol. The van der Waals surface area contributed by atoms with E-state index in [1.807, 2.05) is 37.3 Å². The standard InChI is InChI=1S/C21H20ClN3O3/c1-13-6-4-9-17(22)21(13)24-19(26)12-25-14(2)23-18(11-20(25)27)15-7-5-8-16(10-15)28-3/h4-11H,12H2,1-3H3,(H,24,26). The van der Waals surface area contributed by atoms with Gasteiger partial charge in [0.2, 0.25) is 5.91 Å². The molecule has 6 nitrogen and oxygen atoms in total. The summed E-state index contributed by atoms with van der Waals surface area (Å²) in [5, 5.41) is 3.22. The summed E-state index contributed by atoms with van der Waals surface area (Å²) in [7, 11) is 1.58. The van der Waals surface area contributed by atoms with Crippen LogP contribution in [-0.4, -0.2) is 22.6 Å². The Balaban J connectivity index is 1.85. The maximum atomic E-state index is 12.6. The molecule has 0 saturated carbocycles. The van der Waals surface area contributed by atoms with Crippen molar-refractivity contribution in [3.05, 3.63) is 75.3 Å². The van der Waals surface area contributed by atoms with Crippen LogP contribution in [0.15, 0.2) is 53.3 Å². The Labute approximate surface area is 167 Å². The van der Waals surface area contributed by atoms with Gasteiger partial charge in [-0.2, -0.15) is 0 Å². The third-order valence-electron chi connectivity index (χ3n) is 4.35. The zero-order chi connectivity index (χ0) is 20.3. The number of aryl methyl sites for hydroxylation is 2. The monoisotopic (exact) mass is 397 g/mol. The Morgan fingerprint density at radius 1 is 1.18 bits per heavy atom. The Morgan fingerprint density at radius 3 is 2.61 bits per heavy atom. The van der Waals surface area contributed by atoms with Crippen LogP contribution in [0.5, 0.6) is 5.75 Å². The van der Waals surface area contributed by atoms with Gasteiger partial charge in [0.15, 0.2) is 0 Å². The van der Waals surface area contributed by atoms with Gasteiger partial charge in [0.05, 0.1) is 23.5 Å². The second-order valence-corrected chi connectivity index (χ2v) is 6.73.